The van der Waals surface area contributed by atoms with Gasteiger partial charge in [-0.05, 0) is 18.7 Å². The first-order valence-corrected chi connectivity index (χ1v) is 6.88. The lowest BCUT2D eigenvalue weighted by molar-refractivity contribution is 0.322. The summed E-state index contributed by atoms with van der Waals surface area (Å²) in [6.45, 7) is 1.77. The number of aromatic nitrogens is 1. The van der Waals surface area contributed by atoms with E-state index in [4.69, 9.17) is 18.0 Å². The second-order valence-electron chi connectivity index (χ2n) is 4.20. The number of nitrogens with two attached hydrogens (primary N) is 1. The van der Waals surface area contributed by atoms with Crippen molar-refractivity contribution in [2.45, 2.75) is 13.1 Å². The van der Waals surface area contributed by atoms with Crippen LogP contribution in [0.5, 0.6) is 0 Å². The van der Waals surface area contributed by atoms with Crippen LogP contribution >= 0.6 is 23.6 Å². The van der Waals surface area contributed by atoms with Crippen molar-refractivity contribution in [3.8, 4) is 0 Å². The molecule has 0 fully saturated rings. The van der Waals surface area contributed by atoms with E-state index in [-0.39, 0.29) is 0 Å². The molecule has 0 spiro atoms. The van der Waals surface area contributed by atoms with Crippen LogP contribution in [0.25, 0.3) is 0 Å². The fourth-order valence-electron chi connectivity index (χ4n) is 1.78. The SMILES string of the molecule is CN(Cc1cccc(C(N)=S)c1)Cc1cncs1. The molecule has 0 amide bonds. The van der Waals surface area contributed by atoms with Crippen LogP contribution in [0.4, 0.5) is 0 Å². The molecule has 2 rings (SSSR count). The van der Waals surface area contributed by atoms with Gasteiger partial charge in [-0.15, -0.1) is 11.3 Å². The minimum Gasteiger partial charge on any atom is -0.389 e. The lowest BCUT2D eigenvalue weighted by atomic mass is 10.1. The Kier molecular flexibility index (Phi) is 4.41. The van der Waals surface area contributed by atoms with E-state index in [0.717, 1.165) is 18.7 Å². The Morgan fingerprint density at radius 2 is 2.28 bits per heavy atom. The van der Waals surface area contributed by atoms with Crippen LogP contribution in [0.3, 0.4) is 0 Å². The van der Waals surface area contributed by atoms with E-state index in [1.54, 1.807) is 11.3 Å². The minimum atomic E-state index is 0.446. The van der Waals surface area contributed by atoms with Gasteiger partial charge in [-0.1, -0.05) is 30.4 Å². The molecule has 0 atom stereocenters. The van der Waals surface area contributed by atoms with Crippen molar-refractivity contribution in [1.29, 1.82) is 0 Å². The van der Waals surface area contributed by atoms with Crippen molar-refractivity contribution < 1.29 is 0 Å². The fourth-order valence-corrected chi connectivity index (χ4v) is 2.58. The summed E-state index contributed by atoms with van der Waals surface area (Å²) in [5, 5.41) is 0. The molecular weight excluding hydrogens is 262 g/mol. The Labute approximate surface area is 116 Å². The lowest BCUT2D eigenvalue weighted by Crippen LogP contribution is -2.17. The standard InChI is InChI=1S/C13H15N3S2/c1-16(8-12-6-15-9-18-12)7-10-3-2-4-11(5-10)13(14)17/h2-6,9H,7-8H2,1H3,(H2,14,17). The zero-order valence-electron chi connectivity index (χ0n) is 10.2. The molecule has 1 aromatic heterocycles. The zero-order valence-corrected chi connectivity index (χ0v) is 11.8. The maximum absolute atomic E-state index is 5.63. The largest absolute Gasteiger partial charge is 0.389 e. The molecule has 0 aliphatic carbocycles. The molecule has 0 aliphatic rings. The van der Waals surface area contributed by atoms with Crippen molar-refractivity contribution in [2.75, 3.05) is 7.05 Å². The number of hydrogen-bond acceptors (Lipinski definition) is 4. The molecule has 0 saturated heterocycles. The summed E-state index contributed by atoms with van der Waals surface area (Å²) in [5.41, 5.74) is 9.63. The zero-order chi connectivity index (χ0) is 13.0. The highest BCUT2D eigenvalue weighted by molar-refractivity contribution is 7.80. The van der Waals surface area contributed by atoms with E-state index >= 15 is 0 Å². The Bertz CT molecular complexity index is 523. The third-order valence-electron chi connectivity index (χ3n) is 2.57. The summed E-state index contributed by atoms with van der Waals surface area (Å²) >= 11 is 6.66. The average Bonchev–Trinajstić information content (AvgIpc) is 2.82. The minimum absolute atomic E-state index is 0.446. The molecular formula is C13H15N3S2. The molecule has 3 nitrogen and oxygen atoms in total. The first kappa shape index (κ1) is 13.1. The molecule has 2 aromatic rings. The predicted octanol–water partition coefficient (Wildman–Crippen LogP) is 2.41. The van der Waals surface area contributed by atoms with Crippen LogP contribution in [-0.2, 0) is 13.1 Å². The van der Waals surface area contributed by atoms with Gasteiger partial charge in [0.05, 0.1) is 5.51 Å². The third-order valence-corrected chi connectivity index (χ3v) is 3.57. The average molecular weight is 277 g/mol. The van der Waals surface area contributed by atoms with Crippen LogP contribution in [0.1, 0.15) is 16.0 Å². The number of benzene rings is 1. The summed E-state index contributed by atoms with van der Waals surface area (Å²) in [7, 11) is 2.09. The van der Waals surface area contributed by atoms with E-state index in [1.807, 2.05) is 29.9 Å². The smallest absolute Gasteiger partial charge is 0.103 e. The second-order valence-corrected chi connectivity index (χ2v) is 5.62. The lowest BCUT2D eigenvalue weighted by Gasteiger charge is -2.15. The first-order chi connectivity index (χ1) is 8.65. The van der Waals surface area contributed by atoms with Crippen molar-refractivity contribution >= 4 is 28.5 Å². The maximum atomic E-state index is 5.63. The molecule has 0 aliphatic heterocycles. The predicted molar refractivity (Wildman–Crippen MR) is 79.6 cm³/mol. The van der Waals surface area contributed by atoms with Crippen LogP contribution in [0, 0.1) is 0 Å². The monoisotopic (exact) mass is 277 g/mol. The molecule has 0 unspecified atom stereocenters. The highest BCUT2D eigenvalue weighted by Gasteiger charge is 2.04. The Balaban J connectivity index is 2.00. The maximum Gasteiger partial charge on any atom is 0.103 e. The topological polar surface area (TPSA) is 42.1 Å². The van der Waals surface area contributed by atoms with Crippen LogP contribution in [-0.4, -0.2) is 21.9 Å². The van der Waals surface area contributed by atoms with E-state index in [2.05, 4.69) is 23.0 Å². The van der Waals surface area contributed by atoms with Gasteiger partial charge >= 0.3 is 0 Å². The van der Waals surface area contributed by atoms with Gasteiger partial charge in [0.1, 0.15) is 4.99 Å². The summed E-state index contributed by atoms with van der Waals surface area (Å²) in [5.74, 6) is 0. The Morgan fingerprint density at radius 3 is 2.94 bits per heavy atom. The number of thiazole rings is 1. The fraction of sp³-hybridized carbons (Fsp3) is 0.231. The summed E-state index contributed by atoms with van der Waals surface area (Å²) < 4.78 is 0. The Hall–Kier alpha value is -1.30. The van der Waals surface area contributed by atoms with Gasteiger partial charge in [0.25, 0.3) is 0 Å². The van der Waals surface area contributed by atoms with Gasteiger partial charge in [-0.2, -0.15) is 0 Å². The number of hydrogen-bond donors (Lipinski definition) is 1. The van der Waals surface area contributed by atoms with Crippen LogP contribution in [0.15, 0.2) is 36.0 Å². The molecule has 5 heteroatoms. The number of thiocarbonyl (C=S) groups is 1. The molecule has 1 aromatic carbocycles. The first-order valence-electron chi connectivity index (χ1n) is 5.60. The van der Waals surface area contributed by atoms with E-state index in [1.165, 1.54) is 10.4 Å². The molecule has 0 saturated carbocycles. The van der Waals surface area contributed by atoms with Gasteiger partial charge in [-0.25, -0.2) is 0 Å². The van der Waals surface area contributed by atoms with Crippen molar-refractivity contribution in [1.82, 2.24) is 9.88 Å². The van der Waals surface area contributed by atoms with Gasteiger partial charge in [0.15, 0.2) is 0 Å². The van der Waals surface area contributed by atoms with Gasteiger partial charge in [-0.3, -0.25) is 9.88 Å². The van der Waals surface area contributed by atoms with Gasteiger partial charge < -0.3 is 5.73 Å². The summed E-state index contributed by atoms with van der Waals surface area (Å²) in [6, 6.07) is 8.07. The molecule has 1 heterocycles. The highest BCUT2D eigenvalue weighted by Crippen LogP contribution is 2.12. The quantitative estimate of drug-likeness (QED) is 0.852. The molecule has 18 heavy (non-hydrogen) atoms. The van der Waals surface area contributed by atoms with E-state index in [9.17, 15) is 0 Å². The third kappa shape index (κ3) is 3.60. The van der Waals surface area contributed by atoms with Crippen molar-refractivity contribution in [3.63, 3.8) is 0 Å². The molecule has 94 valence electrons. The van der Waals surface area contributed by atoms with Gasteiger partial charge in [0, 0.05) is 29.7 Å². The number of nitrogens with zero attached hydrogens (tertiary/aromatic N) is 2. The second kappa shape index (κ2) is 6.04. The Morgan fingerprint density at radius 1 is 1.44 bits per heavy atom. The van der Waals surface area contributed by atoms with Crippen LogP contribution in [0.2, 0.25) is 0 Å². The summed E-state index contributed by atoms with van der Waals surface area (Å²) in [6.07, 6.45) is 1.91. The normalized spacial score (nSPS) is 10.8. The number of rotatable bonds is 5. The van der Waals surface area contributed by atoms with Crippen LogP contribution < -0.4 is 5.73 Å². The molecule has 0 bridgehead atoms. The highest BCUT2D eigenvalue weighted by atomic mass is 32.1. The van der Waals surface area contributed by atoms with E-state index in [0.29, 0.717) is 4.99 Å². The molecule has 0 radical (unpaired) electrons. The summed E-state index contributed by atoms with van der Waals surface area (Å²) in [4.78, 5) is 8.03. The van der Waals surface area contributed by atoms with Gasteiger partial charge in [0.2, 0.25) is 0 Å². The van der Waals surface area contributed by atoms with Crippen molar-refractivity contribution in [3.05, 3.63) is 52.0 Å². The van der Waals surface area contributed by atoms with Crippen molar-refractivity contribution in [2.24, 2.45) is 5.73 Å². The van der Waals surface area contributed by atoms with E-state index < -0.39 is 0 Å². The molecule has 2 N–H and O–H groups in total.